The van der Waals surface area contributed by atoms with Crippen LogP contribution in [-0.4, -0.2) is 48.9 Å². The lowest BCUT2D eigenvalue weighted by Gasteiger charge is -2.56. The monoisotopic (exact) mass is 596 g/mol. The second-order valence-corrected chi connectivity index (χ2v) is 12.3. The van der Waals surface area contributed by atoms with Crippen LogP contribution in [-0.2, 0) is 22.2 Å². The average Bonchev–Trinajstić information content (AvgIpc) is 2.89. The first-order chi connectivity index (χ1) is 20.2. The largest absolute Gasteiger partial charge is 0.444 e. The number of aromatic nitrogens is 1. The van der Waals surface area contributed by atoms with Gasteiger partial charge in [0.2, 0.25) is 0 Å². The smallest absolute Gasteiger partial charge is 0.416 e. The first kappa shape index (κ1) is 30.3. The molecule has 2 fully saturated rings. The van der Waals surface area contributed by atoms with Gasteiger partial charge in [-0.25, -0.2) is 4.79 Å². The van der Waals surface area contributed by atoms with Crippen molar-refractivity contribution in [2.45, 2.75) is 52.1 Å². The van der Waals surface area contributed by atoms with Gasteiger partial charge in [0.05, 0.1) is 30.2 Å². The Morgan fingerprint density at radius 3 is 2.35 bits per heavy atom. The SMILES string of the molecule is C[C@@H](NC(=O)c1cc(N2CC3(COC3)C2)ccn1)c1ccc(-c2cc(C(F)(F)F)ccc2CNC(=O)OC(C)(C)C)cc1. The highest BCUT2D eigenvalue weighted by Crippen LogP contribution is 2.40. The summed E-state index contributed by atoms with van der Waals surface area (Å²) in [4.78, 5) is 31.6. The summed E-state index contributed by atoms with van der Waals surface area (Å²) in [7, 11) is 0. The number of benzene rings is 2. The number of carbonyl (C=O) groups excluding carboxylic acids is 2. The number of alkyl halides is 3. The van der Waals surface area contributed by atoms with Crippen LogP contribution in [0.25, 0.3) is 11.1 Å². The van der Waals surface area contributed by atoms with E-state index in [9.17, 15) is 22.8 Å². The molecule has 5 rings (SSSR count). The summed E-state index contributed by atoms with van der Waals surface area (Å²) in [6.07, 6.45) is -3.57. The van der Waals surface area contributed by atoms with E-state index in [0.717, 1.165) is 49.7 Å². The van der Waals surface area contributed by atoms with Crippen molar-refractivity contribution in [2.75, 3.05) is 31.2 Å². The summed E-state index contributed by atoms with van der Waals surface area (Å²) >= 11 is 0. The molecule has 2 amide bonds. The topological polar surface area (TPSA) is 92.8 Å². The van der Waals surface area contributed by atoms with Gasteiger partial charge in [-0.15, -0.1) is 0 Å². The number of pyridine rings is 1. The Hall–Kier alpha value is -4.12. The number of rotatable bonds is 7. The molecule has 2 N–H and O–H groups in total. The van der Waals surface area contributed by atoms with E-state index in [4.69, 9.17) is 9.47 Å². The molecule has 228 valence electrons. The highest BCUT2D eigenvalue weighted by atomic mass is 19.4. The Labute approximate surface area is 248 Å². The third kappa shape index (κ3) is 7.10. The normalized spacial score (nSPS) is 16.6. The number of ether oxygens (including phenoxy) is 2. The average molecular weight is 597 g/mol. The fraction of sp³-hybridized carbons (Fsp3) is 0.406. The molecule has 2 saturated heterocycles. The summed E-state index contributed by atoms with van der Waals surface area (Å²) in [5.74, 6) is -0.325. The maximum absolute atomic E-state index is 13.5. The van der Waals surface area contributed by atoms with Crippen molar-refractivity contribution in [1.82, 2.24) is 15.6 Å². The molecule has 1 atom stereocenters. The molecule has 2 aliphatic heterocycles. The summed E-state index contributed by atoms with van der Waals surface area (Å²) in [5, 5.41) is 5.57. The summed E-state index contributed by atoms with van der Waals surface area (Å²) in [6.45, 7) is 10.3. The maximum atomic E-state index is 13.5. The molecule has 0 aliphatic carbocycles. The predicted octanol–water partition coefficient (Wildman–Crippen LogP) is 6.12. The van der Waals surface area contributed by atoms with Gasteiger partial charge in [-0.3, -0.25) is 9.78 Å². The zero-order valence-corrected chi connectivity index (χ0v) is 24.5. The molecule has 0 bridgehead atoms. The van der Waals surface area contributed by atoms with Crippen molar-refractivity contribution in [3.8, 4) is 11.1 Å². The zero-order valence-electron chi connectivity index (χ0n) is 24.5. The molecule has 8 nitrogen and oxygen atoms in total. The Morgan fingerprint density at radius 1 is 1.05 bits per heavy atom. The molecular weight excluding hydrogens is 561 g/mol. The van der Waals surface area contributed by atoms with Gasteiger partial charge in [0, 0.05) is 31.5 Å². The lowest BCUT2D eigenvalue weighted by molar-refractivity contribution is -0.137. The standard InChI is InChI=1S/C32H35F3N4O4/c1-20(38-28(40)27-14-25(11-12-36-27)39-16-31(17-39)18-42-19-31)21-5-7-22(8-6-21)26-13-24(32(33,34)35)10-9-23(26)15-37-29(41)43-30(2,3)4/h5-14,20H,15-19H2,1-4H3,(H,37,41)(H,38,40)/t20-/m1/s1. The molecule has 43 heavy (non-hydrogen) atoms. The van der Waals surface area contributed by atoms with Crippen LogP contribution in [0, 0.1) is 5.41 Å². The molecule has 3 aromatic rings. The third-order valence-electron chi connectivity index (χ3n) is 7.54. The molecule has 0 unspecified atom stereocenters. The van der Waals surface area contributed by atoms with Crippen LogP contribution < -0.4 is 15.5 Å². The van der Waals surface area contributed by atoms with E-state index in [1.54, 1.807) is 57.3 Å². The lowest BCUT2D eigenvalue weighted by atomic mass is 9.78. The van der Waals surface area contributed by atoms with Gasteiger partial charge in [0.1, 0.15) is 11.3 Å². The van der Waals surface area contributed by atoms with E-state index in [-0.39, 0.29) is 23.9 Å². The van der Waals surface area contributed by atoms with Crippen molar-refractivity contribution >= 4 is 17.7 Å². The Kier molecular flexibility index (Phi) is 8.13. The number of nitrogens with one attached hydrogen (secondary N) is 2. The number of amides is 2. The number of anilines is 1. The van der Waals surface area contributed by atoms with Gasteiger partial charge >= 0.3 is 12.3 Å². The maximum Gasteiger partial charge on any atom is 0.416 e. The highest BCUT2D eigenvalue weighted by Gasteiger charge is 2.49. The van der Waals surface area contributed by atoms with Crippen LogP contribution >= 0.6 is 0 Å². The number of nitrogens with zero attached hydrogens (tertiary/aromatic N) is 2. The van der Waals surface area contributed by atoms with E-state index in [1.807, 2.05) is 13.0 Å². The van der Waals surface area contributed by atoms with Crippen LogP contribution in [0.1, 0.15) is 60.9 Å². The van der Waals surface area contributed by atoms with Crippen molar-refractivity contribution in [3.05, 3.63) is 83.2 Å². The number of carbonyl (C=O) groups is 2. The quantitative estimate of drug-likeness (QED) is 0.342. The van der Waals surface area contributed by atoms with Crippen LogP contribution in [0.15, 0.2) is 60.8 Å². The molecule has 2 aromatic carbocycles. The van der Waals surface area contributed by atoms with Gasteiger partial charge < -0.3 is 25.0 Å². The summed E-state index contributed by atoms with van der Waals surface area (Å²) < 4.78 is 51.2. The fourth-order valence-electron chi connectivity index (χ4n) is 5.22. The minimum atomic E-state index is -4.53. The van der Waals surface area contributed by atoms with Crippen molar-refractivity contribution in [1.29, 1.82) is 0 Å². The number of halogens is 3. The van der Waals surface area contributed by atoms with Crippen LogP contribution in [0.2, 0.25) is 0 Å². The van der Waals surface area contributed by atoms with Crippen molar-refractivity contribution < 1.29 is 32.2 Å². The minimum absolute atomic E-state index is 0.0190. The Morgan fingerprint density at radius 2 is 1.74 bits per heavy atom. The minimum Gasteiger partial charge on any atom is -0.444 e. The van der Waals surface area contributed by atoms with E-state index in [0.29, 0.717) is 22.4 Å². The van der Waals surface area contributed by atoms with Gasteiger partial charge in [0.15, 0.2) is 0 Å². The number of alkyl carbamates (subject to hydrolysis) is 1. The van der Waals surface area contributed by atoms with E-state index < -0.39 is 23.4 Å². The van der Waals surface area contributed by atoms with Gasteiger partial charge in [-0.2, -0.15) is 13.2 Å². The molecule has 11 heteroatoms. The van der Waals surface area contributed by atoms with Gasteiger partial charge in [0.25, 0.3) is 5.91 Å². The van der Waals surface area contributed by atoms with Crippen molar-refractivity contribution in [3.63, 3.8) is 0 Å². The first-order valence-electron chi connectivity index (χ1n) is 14.1. The molecule has 1 aromatic heterocycles. The molecule has 3 heterocycles. The van der Waals surface area contributed by atoms with E-state index in [2.05, 4.69) is 20.5 Å². The van der Waals surface area contributed by atoms with Gasteiger partial charge in [-0.05, 0) is 74.2 Å². The summed E-state index contributed by atoms with van der Waals surface area (Å²) in [6, 6.07) is 13.6. The lowest BCUT2D eigenvalue weighted by Crippen LogP contribution is -2.66. The third-order valence-corrected chi connectivity index (χ3v) is 7.54. The second kappa shape index (κ2) is 11.5. The fourth-order valence-corrected chi connectivity index (χ4v) is 5.22. The van der Waals surface area contributed by atoms with Crippen molar-refractivity contribution in [2.24, 2.45) is 5.41 Å². The first-order valence-corrected chi connectivity index (χ1v) is 14.1. The zero-order chi connectivity index (χ0) is 31.0. The number of hydrogen-bond donors (Lipinski definition) is 2. The molecule has 0 saturated carbocycles. The second-order valence-electron chi connectivity index (χ2n) is 12.3. The number of hydrogen-bond acceptors (Lipinski definition) is 6. The molecule has 1 spiro atoms. The summed E-state index contributed by atoms with van der Waals surface area (Å²) in [5.41, 5.74) is 2.11. The molecule has 0 radical (unpaired) electrons. The van der Waals surface area contributed by atoms with Gasteiger partial charge in [-0.1, -0.05) is 30.3 Å². The van der Waals surface area contributed by atoms with Crippen LogP contribution in [0.3, 0.4) is 0 Å². The van der Waals surface area contributed by atoms with Crippen LogP contribution in [0.4, 0.5) is 23.7 Å². The molecular formula is C32H35F3N4O4. The van der Waals surface area contributed by atoms with E-state index >= 15 is 0 Å². The van der Waals surface area contributed by atoms with Crippen LogP contribution in [0.5, 0.6) is 0 Å². The Bertz CT molecular complexity index is 1490. The Balaban J connectivity index is 1.28. The predicted molar refractivity (Wildman–Crippen MR) is 156 cm³/mol. The highest BCUT2D eigenvalue weighted by molar-refractivity contribution is 5.93. The molecule has 2 aliphatic rings. The van der Waals surface area contributed by atoms with E-state index in [1.165, 1.54) is 6.07 Å².